The van der Waals surface area contributed by atoms with Crippen LogP contribution in [0, 0.1) is 19.8 Å². The highest BCUT2D eigenvalue weighted by Crippen LogP contribution is 2.29. The van der Waals surface area contributed by atoms with Crippen LogP contribution in [0.5, 0.6) is 5.88 Å². The van der Waals surface area contributed by atoms with Gasteiger partial charge in [0.2, 0.25) is 5.88 Å². The third-order valence-corrected chi connectivity index (χ3v) is 3.44. The molecule has 1 aliphatic carbocycles. The zero-order chi connectivity index (χ0) is 12.4. The normalized spacial score (nSPS) is 23.8. The van der Waals surface area contributed by atoms with Crippen molar-refractivity contribution in [3.8, 4) is 5.88 Å². The maximum Gasteiger partial charge on any atom is 0.221 e. The SMILES string of the molecule is COc1nc(C)nc(NC2CCC(C)C2)c1C. The Morgan fingerprint density at radius 3 is 2.59 bits per heavy atom. The van der Waals surface area contributed by atoms with Gasteiger partial charge in [-0.05, 0) is 39.0 Å². The first-order valence-electron chi connectivity index (χ1n) is 6.26. The van der Waals surface area contributed by atoms with E-state index in [0.717, 1.165) is 23.1 Å². The summed E-state index contributed by atoms with van der Waals surface area (Å²) in [7, 11) is 1.65. The molecule has 0 aliphatic heterocycles. The van der Waals surface area contributed by atoms with E-state index in [1.54, 1.807) is 7.11 Å². The highest BCUT2D eigenvalue weighted by Gasteiger charge is 2.22. The average Bonchev–Trinajstić information content (AvgIpc) is 2.69. The smallest absolute Gasteiger partial charge is 0.221 e. The van der Waals surface area contributed by atoms with E-state index in [4.69, 9.17) is 4.74 Å². The van der Waals surface area contributed by atoms with Crippen LogP contribution < -0.4 is 10.1 Å². The molecule has 4 nitrogen and oxygen atoms in total. The summed E-state index contributed by atoms with van der Waals surface area (Å²) in [6.45, 7) is 6.20. The lowest BCUT2D eigenvalue weighted by Crippen LogP contribution is -2.18. The molecule has 0 saturated heterocycles. The van der Waals surface area contributed by atoms with Crippen molar-refractivity contribution in [3.63, 3.8) is 0 Å². The number of anilines is 1. The van der Waals surface area contributed by atoms with E-state index in [1.165, 1.54) is 19.3 Å². The third kappa shape index (κ3) is 2.68. The molecule has 1 aromatic rings. The van der Waals surface area contributed by atoms with Crippen LogP contribution >= 0.6 is 0 Å². The Hall–Kier alpha value is -1.32. The van der Waals surface area contributed by atoms with Crippen LogP contribution in [0.15, 0.2) is 0 Å². The Kier molecular flexibility index (Phi) is 3.50. The van der Waals surface area contributed by atoms with Crippen LogP contribution in [0.4, 0.5) is 5.82 Å². The number of rotatable bonds is 3. The van der Waals surface area contributed by atoms with E-state index in [-0.39, 0.29) is 0 Å². The molecule has 0 radical (unpaired) electrons. The van der Waals surface area contributed by atoms with Crippen LogP contribution in [0.2, 0.25) is 0 Å². The fourth-order valence-electron chi connectivity index (χ4n) is 2.47. The molecule has 2 unspecified atom stereocenters. The predicted molar refractivity (Wildman–Crippen MR) is 68.5 cm³/mol. The average molecular weight is 235 g/mol. The largest absolute Gasteiger partial charge is 0.481 e. The third-order valence-electron chi connectivity index (χ3n) is 3.44. The van der Waals surface area contributed by atoms with Crippen LogP contribution in [0.3, 0.4) is 0 Å². The second-order valence-electron chi connectivity index (χ2n) is 5.01. The van der Waals surface area contributed by atoms with Gasteiger partial charge in [0, 0.05) is 6.04 Å². The molecular formula is C13H21N3O. The fraction of sp³-hybridized carbons (Fsp3) is 0.692. The van der Waals surface area contributed by atoms with E-state index in [9.17, 15) is 0 Å². The number of nitrogens with one attached hydrogen (secondary N) is 1. The van der Waals surface area contributed by atoms with Gasteiger partial charge in [0.25, 0.3) is 0 Å². The second-order valence-corrected chi connectivity index (χ2v) is 5.01. The van der Waals surface area contributed by atoms with Gasteiger partial charge in [-0.25, -0.2) is 4.98 Å². The van der Waals surface area contributed by atoms with Crippen LogP contribution in [0.1, 0.15) is 37.6 Å². The highest BCUT2D eigenvalue weighted by atomic mass is 16.5. The molecule has 1 N–H and O–H groups in total. The highest BCUT2D eigenvalue weighted by molar-refractivity contribution is 5.49. The topological polar surface area (TPSA) is 47.0 Å². The number of aromatic nitrogens is 2. The number of methoxy groups -OCH3 is 1. The van der Waals surface area contributed by atoms with Gasteiger partial charge in [0.05, 0.1) is 12.7 Å². The molecule has 1 saturated carbocycles. The number of hydrogen-bond donors (Lipinski definition) is 1. The van der Waals surface area contributed by atoms with Crippen molar-refractivity contribution >= 4 is 5.82 Å². The number of aryl methyl sites for hydroxylation is 1. The van der Waals surface area contributed by atoms with Crippen LogP contribution in [-0.2, 0) is 0 Å². The molecule has 2 rings (SSSR count). The van der Waals surface area contributed by atoms with Gasteiger partial charge in [-0.2, -0.15) is 4.98 Å². The summed E-state index contributed by atoms with van der Waals surface area (Å²) in [4.78, 5) is 8.74. The predicted octanol–water partition coefficient (Wildman–Crippen LogP) is 2.70. The quantitative estimate of drug-likeness (QED) is 0.875. The molecule has 0 spiro atoms. The Labute approximate surface area is 103 Å². The van der Waals surface area contributed by atoms with Crippen molar-refractivity contribution in [3.05, 3.63) is 11.4 Å². The number of ether oxygens (including phenoxy) is 1. The minimum Gasteiger partial charge on any atom is -0.481 e. The number of nitrogens with zero attached hydrogens (tertiary/aromatic N) is 2. The Morgan fingerprint density at radius 2 is 2.00 bits per heavy atom. The molecule has 0 bridgehead atoms. The fourth-order valence-corrected chi connectivity index (χ4v) is 2.47. The monoisotopic (exact) mass is 235 g/mol. The first-order valence-corrected chi connectivity index (χ1v) is 6.26. The van der Waals surface area contributed by atoms with Crippen molar-refractivity contribution in [2.45, 2.75) is 46.1 Å². The minimum atomic E-state index is 0.544. The van der Waals surface area contributed by atoms with E-state index in [0.29, 0.717) is 11.9 Å². The lowest BCUT2D eigenvalue weighted by atomic mass is 10.1. The molecular weight excluding hydrogens is 214 g/mol. The summed E-state index contributed by atoms with van der Waals surface area (Å²) < 4.78 is 5.26. The molecule has 2 atom stereocenters. The molecule has 0 aromatic carbocycles. The summed E-state index contributed by atoms with van der Waals surface area (Å²) in [5, 5.41) is 3.52. The zero-order valence-electron chi connectivity index (χ0n) is 11.1. The molecule has 17 heavy (non-hydrogen) atoms. The van der Waals surface area contributed by atoms with Crippen molar-refractivity contribution in [1.82, 2.24) is 9.97 Å². The summed E-state index contributed by atoms with van der Waals surface area (Å²) in [6, 6.07) is 0.544. The van der Waals surface area contributed by atoms with E-state index in [1.807, 2.05) is 13.8 Å². The van der Waals surface area contributed by atoms with Gasteiger partial charge in [0.15, 0.2) is 0 Å². The molecule has 1 aliphatic rings. The van der Waals surface area contributed by atoms with Gasteiger partial charge in [-0.3, -0.25) is 0 Å². The molecule has 1 heterocycles. The maximum atomic E-state index is 5.26. The van der Waals surface area contributed by atoms with Gasteiger partial charge < -0.3 is 10.1 Å². The first kappa shape index (κ1) is 12.1. The zero-order valence-corrected chi connectivity index (χ0v) is 11.1. The lowest BCUT2D eigenvalue weighted by Gasteiger charge is -2.16. The molecule has 0 amide bonds. The van der Waals surface area contributed by atoms with Gasteiger partial charge in [-0.1, -0.05) is 6.92 Å². The van der Waals surface area contributed by atoms with Crippen LogP contribution in [0.25, 0.3) is 0 Å². The van der Waals surface area contributed by atoms with Gasteiger partial charge in [-0.15, -0.1) is 0 Å². The Morgan fingerprint density at radius 1 is 1.24 bits per heavy atom. The van der Waals surface area contributed by atoms with Crippen molar-refractivity contribution in [2.75, 3.05) is 12.4 Å². The molecule has 1 fully saturated rings. The Balaban J connectivity index is 2.17. The molecule has 4 heteroatoms. The molecule has 1 aromatic heterocycles. The summed E-state index contributed by atoms with van der Waals surface area (Å²) in [6.07, 6.45) is 3.76. The summed E-state index contributed by atoms with van der Waals surface area (Å²) in [5.74, 6) is 3.16. The van der Waals surface area contributed by atoms with Crippen molar-refractivity contribution in [2.24, 2.45) is 5.92 Å². The van der Waals surface area contributed by atoms with Gasteiger partial charge in [0.1, 0.15) is 11.6 Å². The summed E-state index contributed by atoms with van der Waals surface area (Å²) >= 11 is 0. The van der Waals surface area contributed by atoms with Crippen molar-refractivity contribution in [1.29, 1.82) is 0 Å². The van der Waals surface area contributed by atoms with Gasteiger partial charge >= 0.3 is 0 Å². The Bertz CT molecular complexity index is 406. The van der Waals surface area contributed by atoms with E-state index < -0.39 is 0 Å². The van der Waals surface area contributed by atoms with E-state index in [2.05, 4.69) is 22.2 Å². The number of hydrogen-bond acceptors (Lipinski definition) is 4. The maximum absolute atomic E-state index is 5.26. The first-order chi connectivity index (χ1) is 8.10. The molecule has 94 valence electrons. The van der Waals surface area contributed by atoms with E-state index >= 15 is 0 Å². The minimum absolute atomic E-state index is 0.544. The standard InChI is InChI=1S/C13H21N3O/c1-8-5-6-11(7-8)16-12-9(2)13(17-4)15-10(3)14-12/h8,11H,5-7H2,1-4H3,(H,14,15,16). The second kappa shape index (κ2) is 4.90. The van der Waals surface area contributed by atoms with Crippen LogP contribution in [-0.4, -0.2) is 23.1 Å². The lowest BCUT2D eigenvalue weighted by molar-refractivity contribution is 0.392. The van der Waals surface area contributed by atoms with Crippen molar-refractivity contribution < 1.29 is 4.74 Å². The summed E-state index contributed by atoms with van der Waals surface area (Å²) in [5.41, 5.74) is 0.998.